The monoisotopic (exact) mass is 490 g/mol. The van der Waals surface area contributed by atoms with Crippen LogP contribution in [-0.4, -0.2) is 81.8 Å². The first kappa shape index (κ1) is 27.4. The summed E-state index contributed by atoms with van der Waals surface area (Å²) in [7, 11) is 0. The highest BCUT2D eigenvalue weighted by Gasteiger charge is 2.79. The number of carbonyl (C=O) groups excluding carboxylic acids is 3. The molecule has 0 saturated carbocycles. The van der Waals surface area contributed by atoms with Crippen molar-refractivity contribution in [2.75, 3.05) is 26.3 Å². The van der Waals surface area contributed by atoms with Crippen LogP contribution in [0.3, 0.4) is 0 Å². The van der Waals surface area contributed by atoms with Crippen LogP contribution < -0.4 is 0 Å². The largest absolute Gasteiger partial charge is 0.465 e. The van der Waals surface area contributed by atoms with E-state index in [9.17, 15) is 19.5 Å². The topological polar surface area (TPSA) is 96.4 Å². The lowest BCUT2D eigenvalue weighted by molar-refractivity contribution is -0.163. The van der Waals surface area contributed by atoms with Gasteiger partial charge in [0, 0.05) is 18.6 Å². The van der Waals surface area contributed by atoms with E-state index < -0.39 is 40.6 Å². The molecule has 3 aliphatic rings. The molecule has 5 atom stereocenters. The Hall–Kier alpha value is -2.19. The quantitative estimate of drug-likeness (QED) is 0.257. The summed E-state index contributed by atoms with van der Waals surface area (Å²) >= 11 is 0. The van der Waals surface area contributed by atoms with E-state index in [0.717, 1.165) is 12.8 Å². The van der Waals surface area contributed by atoms with Crippen LogP contribution in [0, 0.1) is 11.8 Å². The smallest absolute Gasteiger partial charge is 0.312 e. The van der Waals surface area contributed by atoms with Gasteiger partial charge < -0.3 is 24.4 Å². The molecule has 3 aliphatic heterocycles. The lowest BCUT2D eigenvalue weighted by atomic mass is 9.65. The normalized spacial score (nSPS) is 31.4. The van der Waals surface area contributed by atoms with E-state index in [2.05, 4.69) is 13.2 Å². The van der Waals surface area contributed by atoms with Crippen molar-refractivity contribution in [3.8, 4) is 0 Å². The summed E-state index contributed by atoms with van der Waals surface area (Å²) in [6, 6.07) is -0.912. The van der Waals surface area contributed by atoms with Crippen LogP contribution >= 0.6 is 0 Å². The first-order chi connectivity index (χ1) is 16.5. The van der Waals surface area contributed by atoms with Crippen LogP contribution in [0.4, 0.5) is 0 Å². The van der Waals surface area contributed by atoms with Crippen molar-refractivity contribution in [2.24, 2.45) is 11.8 Å². The van der Waals surface area contributed by atoms with Crippen molar-refractivity contribution < 1.29 is 29.0 Å². The highest BCUT2D eigenvalue weighted by Crippen LogP contribution is 2.64. The molecule has 3 fully saturated rings. The van der Waals surface area contributed by atoms with Gasteiger partial charge in [-0.05, 0) is 59.3 Å². The fourth-order valence-electron chi connectivity index (χ4n) is 6.33. The zero-order chi connectivity index (χ0) is 26.0. The molecular formula is C27H42N2O6. The maximum Gasteiger partial charge on any atom is 0.312 e. The Morgan fingerprint density at radius 3 is 2.54 bits per heavy atom. The summed E-state index contributed by atoms with van der Waals surface area (Å²) in [6.45, 7) is 15.6. The third-order valence-corrected chi connectivity index (χ3v) is 7.94. The van der Waals surface area contributed by atoms with Crippen LogP contribution in [0.2, 0.25) is 0 Å². The van der Waals surface area contributed by atoms with Crippen LogP contribution in [0.25, 0.3) is 0 Å². The minimum absolute atomic E-state index is 0.00533. The number of fused-ring (bicyclic) bond motifs is 1. The van der Waals surface area contributed by atoms with E-state index >= 15 is 0 Å². The Balaban J connectivity index is 1.98. The Bertz CT molecular complexity index is 851. The fourth-order valence-corrected chi connectivity index (χ4v) is 6.33. The van der Waals surface area contributed by atoms with E-state index in [4.69, 9.17) is 9.47 Å². The van der Waals surface area contributed by atoms with Gasteiger partial charge in [-0.3, -0.25) is 14.4 Å². The number of allylic oxidation sites excluding steroid dienone is 1. The Morgan fingerprint density at radius 2 is 1.97 bits per heavy atom. The lowest BCUT2D eigenvalue weighted by Gasteiger charge is -2.42. The van der Waals surface area contributed by atoms with Gasteiger partial charge in [-0.25, -0.2) is 0 Å². The van der Waals surface area contributed by atoms with Gasteiger partial charge in [0.15, 0.2) is 0 Å². The number of esters is 1. The number of amides is 2. The number of aliphatic hydroxyl groups excluding tert-OH is 1. The summed E-state index contributed by atoms with van der Waals surface area (Å²) in [6.07, 6.45) is 7.57. The molecule has 3 rings (SSSR count). The minimum atomic E-state index is -1.11. The molecule has 8 heteroatoms. The molecule has 1 spiro atoms. The highest BCUT2D eigenvalue weighted by atomic mass is 16.6. The fraction of sp³-hybridized carbons (Fsp3) is 0.741. The van der Waals surface area contributed by atoms with Gasteiger partial charge in [-0.2, -0.15) is 0 Å². The SMILES string of the molecule is C=CCCCCOC(=O)[C@H]1[C@H]2C(=O)N(CCO)C(C(=O)N(CC=C)C(C)(C)C)C23CC[C@]1(CC)O3. The predicted molar refractivity (Wildman–Crippen MR) is 132 cm³/mol. The van der Waals surface area contributed by atoms with Gasteiger partial charge in [0.05, 0.1) is 24.7 Å². The molecule has 3 heterocycles. The van der Waals surface area contributed by atoms with Gasteiger partial charge in [0.25, 0.3) is 0 Å². The van der Waals surface area contributed by atoms with E-state index in [-0.39, 0.29) is 31.6 Å². The van der Waals surface area contributed by atoms with Crippen LogP contribution in [0.5, 0.6) is 0 Å². The molecule has 2 unspecified atom stereocenters. The maximum absolute atomic E-state index is 14.1. The maximum atomic E-state index is 14.1. The van der Waals surface area contributed by atoms with Crippen molar-refractivity contribution >= 4 is 17.8 Å². The second kappa shape index (κ2) is 10.4. The number of hydrogen-bond donors (Lipinski definition) is 1. The van der Waals surface area contributed by atoms with Gasteiger partial charge in [0.2, 0.25) is 11.8 Å². The number of rotatable bonds is 12. The van der Waals surface area contributed by atoms with Gasteiger partial charge in [-0.15, -0.1) is 13.2 Å². The van der Waals surface area contributed by atoms with E-state index in [1.807, 2.05) is 33.8 Å². The average molecular weight is 491 g/mol. The zero-order valence-corrected chi connectivity index (χ0v) is 21.8. The molecule has 1 N–H and O–H groups in total. The number of likely N-dealkylation sites (tertiary alicyclic amines) is 1. The van der Waals surface area contributed by atoms with E-state index in [1.165, 1.54) is 4.90 Å². The zero-order valence-electron chi connectivity index (χ0n) is 21.8. The molecule has 0 radical (unpaired) electrons. The second-order valence-electron chi connectivity index (χ2n) is 10.9. The number of hydrogen-bond acceptors (Lipinski definition) is 6. The standard InChI is InChI=1S/C27H42N2O6/c1-7-10-11-12-18-34-24(33)20-19-22(31)28(16-17-30)21(23(32)29(15-8-2)25(4,5)6)27(19)14-13-26(20,9-3)35-27/h7-8,19-21,30H,1-2,9-18H2,3-6H3/t19-,20+,21?,26-,27?/m0/s1. The molecule has 35 heavy (non-hydrogen) atoms. The van der Waals surface area contributed by atoms with Crippen molar-refractivity contribution in [2.45, 2.75) is 89.0 Å². The molecule has 0 aromatic heterocycles. The number of carbonyl (C=O) groups is 3. The third kappa shape index (κ3) is 4.55. The number of β-amino-alcohol motifs (C(OH)–C–C–N with tert-alkyl or cyclic N) is 1. The number of ether oxygens (including phenoxy) is 2. The second-order valence-corrected chi connectivity index (χ2v) is 10.9. The molecule has 3 saturated heterocycles. The Kier molecular flexibility index (Phi) is 8.16. The van der Waals surface area contributed by atoms with Crippen molar-refractivity contribution in [3.63, 3.8) is 0 Å². The predicted octanol–water partition coefficient (Wildman–Crippen LogP) is 2.85. The molecular weight excluding hydrogens is 448 g/mol. The Labute approximate surface area is 209 Å². The van der Waals surface area contributed by atoms with E-state index in [0.29, 0.717) is 32.2 Å². The lowest BCUT2D eigenvalue weighted by Crippen LogP contribution is -2.60. The average Bonchev–Trinajstić information content (AvgIpc) is 3.40. The number of nitrogens with zero attached hydrogens (tertiary/aromatic N) is 2. The summed E-state index contributed by atoms with van der Waals surface area (Å²) in [5.74, 6) is -2.56. The summed E-state index contributed by atoms with van der Waals surface area (Å²) < 4.78 is 12.3. The van der Waals surface area contributed by atoms with E-state index in [1.54, 1.807) is 11.0 Å². The molecule has 196 valence electrons. The van der Waals surface area contributed by atoms with Gasteiger partial charge in [-0.1, -0.05) is 19.1 Å². The Morgan fingerprint density at radius 1 is 1.26 bits per heavy atom. The highest BCUT2D eigenvalue weighted by molar-refractivity contribution is 5.98. The minimum Gasteiger partial charge on any atom is -0.465 e. The van der Waals surface area contributed by atoms with Crippen molar-refractivity contribution in [3.05, 3.63) is 25.3 Å². The van der Waals surface area contributed by atoms with Crippen molar-refractivity contribution in [1.29, 1.82) is 0 Å². The van der Waals surface area contributed by atoms with Crippen molar-refractivity contribution in [1.82, 2.24) is 9.80 Å². The number of aliphatic hydroxyl groups is 1. The van der Waals surface area contributed by atoms with Crippen LogP contribution in [-0.2, 0) is 23.9 Å². The molecule has 0 aliphatic carbocycles. The molecule has 8 nitrogen and oxygen atoms in total. The summed E-state index contributed by atoms with van der Waals surface area (Å²) in [5, 5.41) is 9.76. The van der Waals surface area contributed by atoms with Gasteiger partial charge in [0.1, 0.15) is 17.6 Å². The van der Waals surface area contributed by atoms with Gasteiger partial charge >= 0.3 is 5.97 Å². The third-order valence-electron chi connectivity index (χ3n) is 7.94. The van der Waals surface area contributed by atoms with Crippen LogP contribution in [0.1, 0.15) is 66.2 Å². The van der Waals surface area contributed by atoms with Crippen LogP contribution in [0.15, 0.2) is 25.3 Å². The first-order valence-corrected chi connectivity index (χ1v) is 12.9. The number of unbranched alkanes of at least 4 members (excludes halogenated alkanes) is 2. The molecule has 2 bridgehead atoms. The molecule has 2 amide bonds. The molecule has 0 aromatic rings. The summed E-state index contributed by atoms with van der Waals surface area (Å²) in [5.41, 5.74) is -2.46. The first-order valence-electron chi connectivity index (χ1n) is 12.9. The molecule has 0 aromatic carbocycles. The summed E-state index contributed by atoms with van der Waals surface area (Å²) in [4.78, 5) is 44.4.